The average molecular weight is 224 g/mol. The second kappa shape index (κ2) is 5.53. The summed E-state index contributed by atoms with van der Waals surface area (Å²) in [5.41, 5.74) is 0.131. The summed E-state index contributed by atoms with van der Waals surface area (Å²) < 4.78 is 8.38. The zero-order chi connectivity index (χ0) is 12.0. The molecule has 0 atom stereocenters. The van der Waals surface area contributed by atoms with E-state index in [9.17, 15) is 9.59 Å². The second-order valence-electron chi connectivity index (χ2n) is 2.86. The van der Waals surface area contributed by atoms with E-state index < -0.39 is 17.8 Å². The highest BCUT2D eigenvalue weighted by Gasteiger charge is 2.22. The molecule has 0 amide bonds. The van der Waals surface area contributed by atoms with E-state index >= 15 is 0 Å². The lowest BCUT2D eigenvalue weighted by Gasteiger charge is -1.94. The highest BCUT2D eigenvalue weighted by molar-refractivity contribution is 6.31. The van der Waals surface area contributed by atoms with Crippen molar-refractivity contribution in [1.82, 2.24) is 4.67 Å². The number of rotatable bonds is 2. The van der Waals surface area contributed by atoms with Gasteiger partial charge in [-0.3, -0.25) is 0 Å². The van der Waals surface area contributed by atoms with Crippen LogP contribution in [0.25, 0.3) is 0 Å². The van der Waals surface area contributed by atoms with Gasteiger partial charge in [0, 0.05) is 5.57 Å². The Bertz CT molecular complexity index is 426. The van der Waals surface area contributed by atoms with Crippen LogP contribution >= 0.6 is 0 Å². The van der Waals surface area contributed by atoms with E-state index in [2.05, 4.69) is 4.67 Å². The van der Waals surface area contributed by atoms with E-state index in [1.165, 1.54) is 24.4 Å². The van der Waals surface area contributed by atoms with Crippen molar-refractivity contribution in [2.75, 3.05) is 6.61 Å². The Balaban J connectivity index is 2.97. The van der Waals surface area contributed by atoms with Crippen LogP contribution in [0, 0.1) is 0 Å². The number of carboxylic acids is 2. The first-order chi connectivity index (χ1) is 7.61. The van der Waals surface area contributed by atoms with Crippen LogP contribution in [0.4, 0.5) is 0 Å². The van der Waals surface area contributed by atoms with Gasteiger partial charge in [-0.25, -0.2) is 9.59 Å². The molecule has 0 aromatic carbocycles. The molecular formula is C10H10NO5+. The highest BCUT2D eigenvalue weighted by Crippen LogP contribution is 2.00. The molecule has 0 bridgehead atoms. The predicted molar refractivity (Wildman–Crippen MR) is 56.3 cm³/mol. The average Bonchev–Trinajstić information content (AvgIpc) is 2.24. The Morgan fingerprint density at radius 3 is 2.69 bits per heavy atom. The van der Waals surface area contributed by atoms with Crippen LogP contribution in [0.3, 0.4) is 0 Å². The molecule has 1 rings (SSSR count). The van der Waals surface area contributed by atoms with Crippen molar-refractivity contribution < 1.29 is 24.5 Å². The van der Waals surface area contributed by atoms with Crippen molar-refractivity contribution in [1.29, 1.82) is 0 Å². The summed E-state index contributed by atoms with van der Waals surface area (Å²) in [5.74, 6) is -2.79. The maximum absolute atomic E-state index is 10.7. The first-order valence-electron chi connectivity index (χ1n) is 4.46. The third-order valence-electron chi connectivity index (χ3n) is 1.73. The molecule has 6 nitrogen and oxygen atoms in total. The topological polar surface area (TPSA) is 97.9 Å². The standard InChI is InChI=1S/C10H9NO5/c12-9(13)7-3-1-2-6-16-8(10(14)15)11-5-4-7/h1-3,5H,4,6H2,(H-,12,13,14,15)/p+1. The fraction of sp³-hybridized carbons (Fsp3) is 0.200. The van der Waals surface area contributed by atoms with Gasteiger partial charge in [-0.2, -0.15) is 0 Å². The van der Waals surface area contributed by atoms with E-state index in [0.29, 0.717) is 0 Å². The van der Waals surface area contributed by atoms with Crippen LogP contribution in [0.5, 0.6) is 0 Å². The first-order valence-corrected chi connectivity index (χ1v) is 4.46. The number of aliphatic carboxylic acids is 2. The Hall–Kier alpha value is -2.33. The molecule has 1 aliphatic rings. The molecule has 0 unspecified atom stereocenters. The number of hydrogen-bond donors (Lipinski definition) is 2. The molecule has 1 heterocycles. The summed E-state index contributed by atoms with van der Waals surface area (Å²) in [6, 6.07) is 0. The van der Waals surface area contributed by atoms with E-state index in [0.717, 1.165) is 0 Å². The molecule has 0 fully saturated rings. The highest BCUT2D eigenvalue weighted by atomic mass is 16.5. The number of allylic oxidation sites excluding steroid dienone is 2. The normalized spacial score (nSPS) is 15.8. The summed E-state index contributed by atoms with van der Waals surface area (Å²) in [6.07, 6.45) is 5.67. The zero-order valence-corrected chi connectivity index (χ0v) is 8.29. The third kappa shape index (κ3) is 3.43. The van der Waals surface area contributed by atoms with Crippen LogP contribution in [0.15, 0.2) is 23.8 Å². The molecule has 16 heavy (non-hydrogen) atoms. The number of hydrogen-bond acceptors (Lipinski definition) is 3. The van der Waals surface area contributed by atoms with Crippen LogP contribution in [-0.4, -0.2) is 40.9 Å². The van der Waals surface area contributed by atoms with Crippen molar-refractivity contribution in [2.45, 2.75) is 6.42 Å². The van der Waals surface area contributed by atoms with Gasteiger partial charge in [-0.05, 0) is 10.7 Å². The lowest BCUT2D eigenvalue weighted by Crippen LogP contribution is -2.20. The predicted octanol–water partition coefficient (Wildman–Crippen LogP) is -0.405. The lowest BCUT2D eigenvalue weighted by molar-refractivity contribution is -0.133. The lowest BCUT2D eigenvalue weighted by atomic mass is 10.2. The van der Waals surface area contributed by atoms with Gasteiger partial charge in [0.05, 0.1) is 6.42 Å². The van der Waals surface area contributed by atoms with Crippen molar-refractivity contribution >= 4 is 24.1 Å². The minimum Gasteiger partial charge on any atom is -0.478 e. The molecule has 84 valence electrons. The quantitative estimate of drug-likeness (QED) is 0.621. The van der Waals surface area contributed by atoms with Gasteiger partial charge in [0.2, 0.25) is 0 Å². The minimum absolute atomic E-state index is 0.0301. The number of nitrogens with zero attached hydrogens (tertiary/aromatic N) is 1. The monoisotopic (exact) mass is 224 g/mol. The van der Waals surface area contributed by atoms with Crippen LogP contribution < -0.4 is 4.67 Å². The molecule has 1 aliphatic heterocycles. The van der Waals surface area contributed by atoms with E-state index in [4.69, 9.17) is 14.9 Å². The molecule has 0 saturated carbocycles. The van der Waals surface area contributed by atoms with Gasteiger partial charge in [0.1, 0.15) is 6.61 Å². The Kier molecular flexibility index (Phi) is 4.06. The third-order valence-corrected chi connectivity index (χ3v) is 1.73. The Morgan fingerprint density at radius 1 is 1.31 bits per heavy atom. The Labute approximate surface area is 90.9 Å². The van der Waals surface area contributed by atoms with Crippen molar-refractivity contribution in [3.8, 4) is 0 Å². The largest absolute Gasteiger partial charge is 0.573 e. The molecule has 0 radical (unpaired) electrons. The fourth-order valence-corrected chi connectivity index (χ4v) is 0.975. The SMILES string of the molecule is O=C(O)C1=CC=CCOC(C(=O)O)=[N+]=CC1. The smallest absolute Gasteiger partial charge is 0.478 e. The summed E-state index contributed by atoms with van der Waals surface area (Å²) >= 11 is 0. The van der Waals surface area contributed by atoms with Gasteiger partial charge in [-0.1, -0.05) is 12.2 Å². The van der Waals surface area contributed by atoms with Crippen molar-refractivity contribution in [3.05, 3.63) is 23.8 Å². The number of ether oxygens (including phenoxy) is 1. The second-order valence-corrected chi connectivity index (χ2v) is 2.86. The van der Waals surface area contributed by atoms with Crippen molar-refractivity contribution in [3.63, 3.8) is 0 Å². The van der Waals surface area contributed by atoms with E-state index in [-0.39, 0.29) is 18.6 Å². The molecule has 0 aromatic rings. The van der Waals surface area contributed by atoms with Gasteiger partial charge >= 0.3 is 17.8 Å². The van der Waals surface area contributed by atoms with Crippen LogP contribution in [-0.2, 0) is 14.3 Å². The summed E-state index contributed by atoms with van der Waals surface area (Å²) in [5, 5.41) is 17.4. The zero-order valence-electron chi connectivity index (χ0n) is 8.29. The molecule has 0 aromatic heterocycles. The van der Waals surface area contributed by atoms with Crippen LogP contribution in [0.1, 0.15) is 6.42 Å². The molecule has 2 N–H and O–H groups in total. The molecule has 6 heteroatoms. The molecule has 0 saturated heterocycles. The maximum Gasteiger partial charge on any atom is 0.573 e. The molecule has 0 spiro atoms. The minimum atomic E-state index is -1.29. The summed E-state index contributed by atoms with van der Waals surface area (Å²) in [6.45, 7) is 0.0301. The summed E-state index contributed by atoms with van der Waals surface area (Å²) in [7, 11) is 0. The van der Waals surface area contributed by atoms with Crippen LogP contribution in [0.2, 0.25) is 0 Å². The number of carbonyl (C=O) groups is 2. The van der Waals surface area contributed by atoms with E-state index in [1.807, 2.05) is 0 Å². The van der Waals surface area contributed by atoms with Gasteiger partial charge in [0.25, 0.3) is 6.21 Å². The van der Waals surface area contributed by atoms with E-state index in [1.54, 1.807) is 0 Å². The molecular weight excluding hydrogens is 214 g/mol. The van der Waals surface area contributed by atoms with Gasteiger partial charge in [0.15, 0.2) is 0 Å². The van der Waals surface area contributed by atoms with Gasteiger partial charge < -0.3 is 14.9 Å². The first kappa shape index (κ1) is 11.7. The Morgan fingerprint density at radius 2 is 2.06 bits per heavy atom. The van der Waals surface area contributed by atoms with Crippen molar-refractivity contribution in [2.24, 2.45) is 0 Å². The number of carboxylic acid groups (broad SMARTS) is 2. The van der Waals surface area contributed by atoms with Gasteiger partial charge in [-0.15, -0.1) is 0 Å². The summed E-state index contributed by atoms with van der Waals surface area (Å²) in [4.78, 5) is 21.3. The fourth-order valence-electron chi connectivity index (χ4n) is 0.975. The maximum atomic E-state index is 10.7. The molecule has 0 aliphatic carbocycles.